The molecule has 6 nitrogen and oxygen atoms in total. The molecule has 1 N–H and O–H groups in total. The molecule has 2 aromatic heterocycles. The number of hydrogen-bond acceptors (Lipinski definition) is 5. The van der Waals surface area contributed by atoms with Crippen molar-refractivity contribution in [3.8, 4) is 0 Å². The lowest BCUT2D eigenvalue weighted by atomic mass is 9.92. The predicted octanol–water partition coefficient (Wildman–Crippen LogP) is 2.25. The van der Waals surface area contributed by atoms with E-state index in [2.05, 4.69) is 29.0 Å². The summed E-state index contributed by atoms with van der Waals surface area (Å²) in [5, 5.41) is 3.52. The first-order chi connectivity index (χ1) is 12.4. The minimum absolute atomic E-state index is 0.0223. The Hall–Kier alpha value is -1.73. The highest BCUT2D eigenvalue weighted by atomic mass is 32.1. The van der Waals surface area contributed by atoms with E-state index in [1.54, 1.807) is 0 Å². The Morgan fingerprint density at radius 3 is 2.81 bits per heavy atom. The minimum Gasteiger partial charge on any atom is -0.354 e. The number of aryl methyl sites for hydroxylation is 1. The van der Waals surface area contributed by atoms with Crippen LogP contribution in [-0.4, -0.2) is 46.5 Å². The van der Waals surface area contributed by atoms with Crippen LogP contribution >= 0.6 is 11.3 Å². The fraction of sp³-hybridized carbons (Fsp3) is 0.632. The van der Waals surface area contributed by atoms with Crippen LogP contribution < -0.4 is 10.9 Å². The second kappa shape index (κ2) is 8.31. The first kappa shape index (κ1) is 19.0. The van der Waals surface area contributed by atoms with Crippen molar-refractivity contribution in [2.45, 2.75) is 40.2 Å². The van der Waals surface area contributed by atoms with Crippen LogP contribution in [0.4, 0.5) is 0 Å². The van der Waals surface area contributed by atoms with Crippen LogP contribution in [0.5, 0.6) is 0 Å². The van der Waals surface area contributed by atoms with E-state index in [-0.39, 0.29) is 18.0 Å². The van der Waals surface area contributed by atoms with Gasteiger partial charge in [-0.05, 0) is 44.2 Å². The molecule has 26 heavy (non-hydrogen) atoms. The molecule has 1 saturated heterocycles. The van der Waals surface area contributed by atoms with Crippen molar-refractivity contribution in [1.82, 2.24) is 19.8 Å². The molecule has 3 heterocycles. The van der Waals surface area contributed by atoms with Crippen LogP contribution in [0.3, 0.4) is 0 Å². The fourth-order valence-electron chi connectivity index (χ4n) is 3.91. The van der Waals surface area contributed by atoms with Crippen LogP contribution in [0.25, 0.3) is 10.2 Å². The third kappa shape index (κ3) is 4.71. The number of hydrogen-bond donors (Lipinski definition) is 1. The van der Waals surface area contributed by atoms with Crippen molar-refractivity contribution in [1.29, 1.82) is 0 Å². The van der Waals surface area contributed by atoms with Gasteiger partial charge in [0, 0.05) is 24.5 Å². The summed E-state index contributed by atoms with van der Waals surface area (Å²) in [6, 6.07) is 1.84. The summed E-state index contributed by atoms with van der Waals surface area (Å²) in [4.78, 5) is 33.1. The summed E-state index contributed by atoms with van der Waals surface area (Å²) in [6.07, 6.45) is 3.71. The molecular formula is C19H28N4O2S. The number of likely N-dealkylation sites (tertiary alicyclic amines) is 1. The molecule has 0 bridgehead atoms. The Morgan fingerprint density at radius 2 is 2.08 bits per heavy atom. The van der Waals surface area contributed by atoms with E-state index in [1.807, 2.05) is 13.0 Å². The zero-order valence-electron chi connectivity index (χ0n) is 15.8. The van der Waals surface area contributed by atoms with Gasteiger partial charge in [-0.15, -0.1) is 11.3 Å². The molecule has 0 spiro atoms. The molecule has 1 aliphatic rings. The zero-order valence-corrected chi connectivity index (χ0v) is 16.6. The van der Waals surface area contributed by atoms with Crippen molar-refractivity contribution in [3.05, 3.63) is 27.6 Å². The number of carbonyl (C=O) groups excluding carboxylic acids is 1. The Balaban J connectivity index is 1.46. The maximum absolute atomic E-state index is 12.4. The highest BCUT2D eigenvalue weighted by Gasteiger charge is 2.21. The van der Waals surface area contributed by atoms with Gasteiger partial charge in [0.1, 0.15) is 11.4 Å². The molecule has 1 amide bonds. The summed E-state index contributed by atoms with van der Waals surface area (Å²) >= 11 is 1.49. The third-order valence-electron chi connectivity index (χ3n) is 4.87. The molecule has 0 unspecified atom stereocenters. The van der Waals surface area contributed by atoms with Crippen LogP contribution in [0.15, 0.2) is 17.2 Å². The number of piperidine rings is 1. The topological polar surface area (TPSA) is 67.2 Å². The highest BCUT2D eigenvalue weighted by molar-refractivity contribution is 7.18. The van der Waals surface area contributed by atoms with Crippen LogP contribution in [0.2, 0.25) is 0 Å². The second-order valence-corrected chi connectivity index (χ2v) is 8.90. The van der Waals surface area contributed by atoms with Gasteiger partial charge in [0.05, 0.1) is 11.7 Å². The average Bonchev–Trinajstić information content (AvgIpc) is 2.95. The van der Waals surface area contributed by atoms with Gasteiger partial charge < -0.3 is 10.2 Å². The molecule has 0 saturated carbocycles. The van der Waals surface area contributed by atoms with Gasteiger partial charge in [0.2, 0.25) is 5.91 Å². The van der Waals surface area contributed by atoms with Gasteiger partial charge in [0.15, 0.2) is 0 Å². The van der Waals surface area contributed by atoms with Gasteiger partial charge >= 0.3 is 0 Å². The largest absolute Gasteiger partial charge is 0.354 e. The molecule has 0 radical (unpaired) electrons. The maximum atomic E-state index is 12.4. The van der Waals surface area contributed by atoms with E-state index in [0.717, 1.165) is 47.6 Å². The third-order valence-corrected chi connectivity index (χ3v) is 5.83. The van der Waals surface area contributed by atoms with Crippen LogP contribution in [-0.2, 0) is 11.3 Å². The number of fused-ring (bicyclic) bond motifs is 1. The standard InChI is InChI=1S/C19H28N4O2S/c1-13-7-14(2)10-22(9-13)6-4-5-20-17(24)11-23-12-21-18-16(19(23)25)8-15(3)26-18/h8,12-14H,4-7,9-11H2,1-3H3,(H,20,24)/t13-,14-/m0/s1. The van der Waals surface area contributed by atoms with Gasteiger partial charge in [-0.25, -0.2) is 4.98 Å². The lowest BCUT2D eigenvalue weighted by Gasteiger charge is -2.34. The molecule has 0 aliphatic carbocycles. The Kier molecular flexibility index (Phi) is 6.09. The lowest BCUT2D eigenvalue weighted by Crippen LogP contribution is -2.40. The maximum Gasteiger partial charge on any atom is 0.262 e. The van der Waals surface area contributed by atoms with Crippen molar-refractivity contribution in [2.75, 3.05) is 26.2 Å². The summed E-state index contributed by atoms with van der Waals surface area (Å²) in [7, 11) is 0. The van der Waals surface area contributed by atoms with Crippen molar-refractivity contribution in [3.63, 3.8) is 0 Å². The average molecular weight is 377 g/mol. The van der Waals surface area contributed by atoms with E-state index in [1.165, 1.54) is 28.7 Å². The molecule has 0 aromatic carbocycles. The van der Waals surface area contributed by atoms with Crippen molar-refractivity contribution < 1.29 is 4.79 Å². The summed E-state index contributed by atoms with van der Waals surface area (Å²) in [5.74, 6) is 1.37. The lowest BCUT2D eigenvalue weighted by molar-refractivity contribution is -0.121. The molecule has 2 atom stereocenters. The van der Waals surface area contributed by atoms with Gasteiger partial charge in [0.25, 0.3) is 5.56 Å². The quantitative estimate of drug-likeness (QED) is 0.785. The van der Waals surface area contributed by atoms with Crippen molar-refractivity contribution in [2.24, 2.45) is 11.8 Å². The van der Waals surface area contributed by atoms with Gasteiger partial charge in [-0.1, -0.05) is 13.8 Å². The monoisotopic (exact) mass is 376 g/mol. The van der Waals surface area contributed by atoms with E-state index in [9.17, 15) is 9.59 Å². The fourth-order valence-corrected chi connectivity index (χ4v) is 4.75. The predicted molar refractivity (Wildman–Crippen MR) is 106 cm³/mol. The van der Waals surface area contributed by atoms with E-state index in [4.69, 9.17) is 0 Å². The van der Waals surface area contributed by atoms with Crippen LogP contribution in [0.1, 0.15) is 31.6 Å². The number of aromatic nitrogens is 2. The molecule has 2 aromatic rings. The molecular weight excluding hydrogens is 348 g/mol. The van der Waals surface area contributed by atoms with Gasteiger partial charge in [-0.3, -0.25) is 14.2 Å². The smallest absolute Gasteiger partial charge is 0.262 e. The van der Waals surface area contributed by atoms with Crippen molar-refractivity contribution >= 4 is 27.5 Å². The van der Waals surface area contributed by atoms with Gasteiger partial charge in [-0.2, -0.15) is 0 Å². The Bertz CT molecular complexity index is 819. The molecule has 7 heteroatoms. The minimum atomic E-state index is -0.147. The summed E-state index contributed by atoms with van der Waals surface area (Å²) < 4.78 is 1.39. The molecule has 3 rings (SSSR count). The first-order valence-electron chi connectivity index (χ1n) is 9.37. The number of nitrogens with one attached hydrogen (secondary N) is 1. The Morgan fingerprint density at radius 1 is 1.35 bits per heavy atom. The number of amides is 1. The number of carbonyl (C=O) groups is 1. The molecule has 142 valence electrons. The normalized spacial score (nSPS) is 21.2. The SMILES string of the molecule is Cc1cc2c(=O)n(CC(=O)NCCCN3C[C@@H](C)C[C@H](C)C3)cnc2s1. The zero-order chi connectivity index (χ0) is 18.7. The number of nitrogens with zero attached hydrogens (tertiary/aromatic N) is 3. The first-order valence-corrected chi connectivity index (χ1v) is 10.2. The number of thiophene rings is 1. The number of rotatable bonds is 6. The molecule has 1 fully saturated rings. The Labute approximate surface area is 158 Å². The van der Waals surface area contributed by atoms with E-state index >= 15 is 0 Å². The summed E-state index contributed by atoms with van der Waals surface area (Å²) in [5.41, 5.74) is -0.147. The van der Waals surface area contributed by atoms with E-state index < -0.39 is 0 Å². The van der Waals surface area contributed by atoms with Crippen LogP contribution in [0, 0.1) is 18.8 Å². The second-order valence-electron chi connectivity index (χ2n) is 7.66. The summed E-state index contributed by atoms with van der Waals surface area (Å²) in [6.45, 7) is 10.5. The highest BCUT2D eigenvalue weighted by Crippen LogP contribution is 2.21. The van der Waals surface area contributed by atoms with E-state index in [0.29, 0.717) is 11.9 Å². The molecule has 1 aliphatic heterocycles.